The summed E-state index contributed by atoms with van der Waals surface area (Å²) in [5.74, 6) is 0.154. The van der Waals surface area contributed by atoms with Gasteiger partial charge in [0.05, 0.1) is 0 Å². The van der Waals surface area contributed by atoms with Crippen molar-refractivity contribution in [3.63, 3.8) is 0 Å². The molecule has 0 saturated carbocycles. The van der Waals surface area contributed by atoms with Gasteiger partial charge in [-0.05, 0) is 37.3 Å². The van der Waals surface area contributed by atoms with Crippen molar-refractivity contribution in [2.24, 2.45) is 0 Å². The van der Waals surface area contributed by atoms with Gasteiger partial charge < -0.3 is 15.4 Å². The van der Waals surface area contributed by atoms with Gasteiger partial charge in [-0.25, -0.2) is 0 Å². The molecule has 114 valence electrons. The molecule has 22 heavy (non-hydrogen) atoms. The minimum Gasteiger partial charge on any atom is -0.484 e. The van der Waals surface area contributed by atoms with E-state index in [0.29, 0.717) is 17.0 Å². The van der Waals surface area contributed by atoms with Crippen molar-refractivity contribution in [2.75, 3.05) is 19.0 Å². The highest BCUT2D eigenvalue weighted by Crippen LogP contribution is 2.13. The second-order valence-corrected chi connectivity index (χ2v) is 4.81. The summed E-state index contributed by atoms with van der Waals surface area (Å²) in [6.07, 6.45) is 0. The van der Waals surface area contributed by atoms with Crippen LogP contribution >= 0.6 is 0 Å². The molecule has 2 aromatic carbocycles. The molecule has 2 rings (SSSR count). The largest absolute Gasteiger partial charge is 0.484 e. The summed E-state index contributed by atoms with van der Waals surface area (Å²) in [5.41, 5.74) is 2.17. The number of anilines is 1. The highest BCUT2D eigenvalue weighted by Gasteiger charge is 2.07. The molecule has 0 heterocycles. The summed E-state index contributed by atoms with van der Waals surface area (Å²) >= 11 is 0. The average Bonchev–Trinajstić information content (AvgIpc) is 2.54. The Morgan fingerprint density at radius 2 is 1.82 bits per heavy atom. The molecule has 0 bridgehead atoms. The third kappa shape index (κ3) is 4.34. The summed E-state index contributed by atoms with van der Waals surface area (Å²) in [6.45, 7) is 1.89. The van der Waals surface area contributed by atoms with Crippen molar-refractivity contribution in [3.05, 3.63) is 59.7 Å². The molecule has 0 atom stereocenters. The first kappa shape index (κ1) is 15.6. The molecule has 0 fully saturated rings. The van der Waals surface area contributed by atoms with E-state index in [1.807, 2.05) is 31.2 Å². The summed E-state index contributed by atoms with van der Waals surface area (Å²) < 4.78 is 5.40. The Hall–Kier alpha value is -2.82. The van der Waals surface area contributed by atoms with Crippen molar-refractivity contribution in [3.8, 4) is 5.75 Å². The number of carbonyl (C=O) groups is 2. The molecule has 2 N–H and O–H groups in total. The fourth-order valence-electron chi connectivity index (χ4n) is 1.86. The summed E-state index contributed by atoms with van der Waals surface area (Å²) in [6, 6.07) is 14.2. The summed E-state index contributed by atoms with van der Waals surface area (Å²) in [5, 5.41) is 5.24. The Morgan fingerprint density at radius 1 is 1.09 bits per heavy atom. The van der Waals surface area contributed by atoms with Gasteiger partial charge in [-0.1, -0.05) is 23.8 Å². The zero-order valence-corrected chi connectivity index (χ0v) is 12.6. The van der Waals surface area contributed by atoms with Gasteiger partial charge >= 0.3 is 0 Å². The first-order valence-electron chi connectivity index (χ1n) is 6.90. The van der Waals surface area contributed by atoms with Crippen LogP contribution < -0.4 is 15.4 Å². The molecule has 2 aromatic rings. The van der Waals surface area contributed by atoms with E-state index in [1.54, 1.807) is 31.3 Å². The lowest BCUT2D eigenvalue weighted by atomic mass is 10.2. The van der Waals surface area contributed by atoms with Crippen molar-refractivity contribution in [1.29, 1.82) is 0 Å². The molecule has 0 aliphatic heterocycles. The highest BCUT2D eigenvalue weighted by molar-refractivity contribution is 5.97. The normalized spacial score (nSPS) is 9.91. The molecule has 2 amide bonds. The topological polar surface area (TPSA) is 67.4 Å². The van der Waals surface area contributed by atoms with Crippen LogP contribution in [-0.4, -0.2) is 25.5 Å². The quantitative estimate of drug-likeness (QED) is 0.890. The second kappa shape index (κ2) is 7.26. The van der Waals surface area contributed by atoms with Crippen molar-refractivity contribution in [1.82, 2.24) is 5.32 Å². The van der Waals surface area contributed by atoms with Gasteiger partial charge in [-0.2, -0.15) is 0 Å². The minimum absolute atomic E-state index is 0.0900. The molecule has 0 radical (unpaired) electrons. The van der Waals surface area contributed by atoms with Crippen LogP contribution in [0.3, 0.4) is 0 Å². The van der Waals surface area contributed by atoms with E-state index in [1.165, 1.54) is 0 Å². The molecule has 0 aliphatic rings. The van der Waals surface area contributed by atoms with Crippen molar-refractivity contribution in [2.45, 2.75) is 6.92 Å². The third-order valence-corrected chi connectivity index (χ3v) is 3.03. The van der Waals surface area contributed by atoms with Gasteiger partial charge in [0.1, 0.15) is 5.75 Å². The van der Waals surface area contributed by atoms with E-state index in [2.05, 4.69) is 10.6 Å². The number of hydrogen-bond donors (Lipinski definition) is 2. The van der Waals surface area contributed by atoms with E-state index in [9.17, 15) is 9.59 Å². The van der Waals surface area contributed by atoms with Crippen LogP contribution in [0.1, 0.15) is 15.9 Å². The molecule has 0 spiro atoms. The van der Waals surface area contributed by atoms with Crippen LogP contribution in [0.15, 0.2) is 48.5 Å². The smallest absolute Gasteiger partial charge is 0.262 e. The van der Waals surface area contributed by atoms with E-state index in [-0.39, 0.29) is 18.4 Å². The number of benzene rings is 2. The number of aryl methyl sites for hydroxylation is 1. The average molecular weight is 298 g/mol. The molecule has 0 saturated heterocycles. The lowest BCUT2D eigenvalue weighted by Gasteiger charge is -2.08. The van der Waals surface area contributed by atoms with Crippen LogP contribution in [-0.2, 0) is 4.79 Å². The predicted molar refractivity (Wildman–Crippen MR) is 85.1 cm³/mol. The van der Waals surface area contributed by atoms with E-state index < -0.39 is 0 Å². The van der Waals surface area contributed by atoms with Crippen LogP contribution in [0.25, 0.3) is 0 Å². The maximum absolute atomic E-state index is 11.9. The van der Waals surface area contributed by atoms with E-state index in [0.717, 1.165) is 5.56 Å². The van der Waals surface area contributed by atoms with Gasteiger partial charge in [0.15, 0.2) is 6.61 Å². The van der Waals surface area contributed by atoms with Crippen molar-refractivity contribution >= 4 is 17.5 Å². The van der Waals surface area contributed by atoms with Gasteiger partial charge in [0.25, 0.3) is 11.8 Å². The van der Waals surface area contributed by atoms with Crippen LogP contribution in [0.5, 0.6) is 5.75 Å². The first-order valence-corrected chi connectivity index (χ1v) is 6.90. The molecule has 0 aliphatic carbocycles. The number of carbonyl (C=O) groups excluding carboxylic acids is 2. The van der Waals surface area contributed by atoms with Crippen LogP contribution in [0, 0.1) is 6.92 Å². The monoisotopic (exact) mass is 298 g/mol. The highest BCUT2D eigenvalue weighted by atomic mass is 16.5. The van der Waals surface area contributed by atoms with E-state index in [4.69, 9.17) is 4.74 Å². The van der Waals surface area contributed by atoms with Gasteiger partial charge in [-0.3, -0.25) is 9.59 Å². The zero-order chi connectivity index (χ0) is 15.9. The minimum atomic E-state index is -0.283. The Balaban J connectivity index is 1.91. The molecule has 0 unspecified atom stereocenters. The van der Waals surface area contributed by atoms with Gasteiger partial charge in [0.2, 0.25) is 0 Å². The predicted octanol–water partition coefficient (Wildman–Crippen LogP) is 2.37. The number of ether oxygens (including phenoxy) is 1. The summed E-state index contributed by atoms with van der Waals surface area (Å²) in [7, 11) is 1.56. The van der Waals surface area contributed by atoms with Crippen LogP contribution in [0.4, 0.5) is 5.69 Å². The SMILES string of the molecule is CNC(=O)c1cccc(NC(=O)COc2ccc(C)cc2)c1. The second-order valence-electron chi connectivity index (χ2n) is 4.81. The lowest BCUT2D eigenvalue weighted by molar-refractivity contribution is -0.118. The Kier molecular flexibility index (Phi) is 5.14. The third-order valence-electron chi connectivity index (χ3n) is 3.03. The molecule has 5 nitrogen and oxygen atoms in total. The first-order chi connectivity index (χ1) is 10.6. The Bertz CT molecular complexity index is 666. The maximum atomic E-state index is 11.9. The fourth-order valence-corrected chi connectivity index (χ4v) is 1.86. The number of rotatable bonds is 5. The van der Waals surface area contributed by atoms with Crippen molar-refractivity contribution < 1.29 is 14.3 Å². The molecule has 5 heteroatoms. The number of hydrogen-bond acceptors (Lipinski definition) is 3. The Morgan fingerprint density at radius 3 is 2.50 bits per heavy atom. The lowest BCUT2D eigenvalue weighted by Crippen LogP contribution is -2.21. The van der Waals surface area contributed by atoms with Gasteiger partial charge in [-0.15, -0.1) is 0 Å². The van der Waals surface area contributed by atoms with Crippen LogP contribution in [0.2, 0.25) is 0 Å². The number of amides is 2. The standard InChI is InChI=1S/C17H18N2O3/c1-12-6-8-15(9-7-12)22-11-16(20)19-14-5-3-4-13(10-14)17(21)18-2/h3-10H,11H2,1-2H3,(H,18,21)(H,19,20). The maximum Gasteiger partial charge on any atom is 0.262 e. The van der Waals surface area contributed by atoms with E-state index >= 15 is 0 Å². The summed E-state index contributed by atoms with van der Waals surface area (Å²) in [4.78, 5) is 23.4. The Labute approximate surface area is 129 Å². The number of nitrogens with one attached hydrogen (secondary N) is 2. The molecular weight excluding hydrogens is 280 g/mol. The zero-order valence-electron chi connectivity index (χ0n) is 12.6. The molecular formula is C17H18N2O3. The van der Waals surface area contributed by atoms with Gasteiger partial charge in [0, 0.05) is 18.3 Å². The molecule has 0 aromatic heterocycles. The fraction of sp³-hybridized carbons (Fsp3) is 0.176.